The molecule has 2 aromatic heterocycles. The molecule has 0 aliphatic heterocycles. The van der Waals surface area contributed by atoms with Crippen LogP contribution < -0.4 is 5.43 Å². The van der Waals surface area contributed by atoms with Crippen LogP contribution in [0.5, 0.6) is 0 Å². The van der Waals surface area contributed by atoms with Gasteiger partial charge in [0.25, 0.3) is 0 Å². The highest BCUT2D eigenvalue weighted by molar-refractivity contribution is 6.29. The first-order valence-electron chi connectivity index (χ1n) is 4.51. The smallest absolute Gasteiger partial charge is 0.227 e. The molecular weight excluding hydrogens is 216 g/mol. The molecule has 0 aliphatic carbocycles. The Morgan fingerprint density at radius 2 is 2.40 bits per heavy atom. The molecule has 0 saturated carbocycles. The van der Waals surface area contributed by atoms with Crippen molar-refractivity contribution in [1.29, 1.82) is 0 Å². The summed E-state index contributed by atoms with van der Waals surface area (Å²) in [6.45, 7) is 1.99. The predicted molar refractivity (Wildman–Crippen MR) is 56.4 cm³/mol. The van der Waals surface area contributed by atoms with Crippen LogP contribution in [0.15, 0.2) is 23.1 Å². The van der Waals surface area contributed by atoms with E-state index >= 15 is 0 Å². The Morgan fingerprint density at radius 1 is 1.60 bits per heavy atom. The molecule has 0 fully saturated rings. The zero-order valence-corrected chi connectivity index (χ0v) is 8.82. The van der Waals surface area contributed by atoms with Gasteiger partial charge in [0.2, 0.25) is 11.2 Å². The van der Waals surface area contributed by atoms with E-state index in [2.05, 4.69) is 15.3 Å². The number of rotatable bonds is 2. The fraction of sp³-hybridized carbons (Fsp3) is 0.222. The van der Waals surface area contributed by atoms with Crippen molar-refractivity contribution in [3.05, 3.63) is 39.4 Å². The van der Waals surface area contributed by atoms with Gasteiger partial charge in [-0.05, 0) is 12.5 Å². The molecule has 0 aliphatic rings. The lowest BCUT2D eigenvalue weighted by Gasteiger charge is -1.98. The summed E-state index contributed by atoms with van der Waals surface area (Å²) in [6, 6.07) is 3.12. The Labute approximate surface area is 90.7 Å². The van der Waals surface area contributed by atoms with Crippen molar-refractivity contribution >= 4 is 11.6 Å². The Bertz CT molecular complexity index is 531. The van der Waals surface area contributed by atoms with Gasteiger partial charge in [-0.3, -0.25) is 9.89 Å². The third-order valence-electron chi connectivity index (χ3n) is 1.97. The first-order valence-corrected chi connectivity index (χ1v) is 4.88. The highest BCUT2D eigenvalue weighted by atomic mass is 35.5. The molecule has 0 radical (unpaired) electrons. The van der Waals surface area contributed by atoms with Crippen LogP contribution in [0.25, 0.3) is 5.82 Å². The van der Waals surface area contributed by atoms with Gasteiger partial charge in [0.05, 0.1) is 5.69 Å². The van der Waals surface area contributed by atoms with Gasteiger partial charge < -0.3 is 0 Å². The van der Waals surface area contributed by atoms with Crippen LogP contribution in [0.1, 0.15) is 12.6 Å². The van der Waals surface area contributed by atoms with Gasteiger partial charge in [0.1, 0.15) is 5.15 Å². The minimum absolute atomic E-state index is 0.214. The van der Waals surface area contributed by atoms with E-state index in [0.717, 1.165) is 12.1 Å². The van der Waals surface area contributed by atoms with Crippen LogP contribution in [0.2, 0.25) is 5.15 Å². The van der Waals surface area contributed by atoms with Crippen LogP contribution in [0.4, 0.5) is 0 Å². The second kappa shape index (κ2) is 3.86. The van der Waals surface area contributed by atoms with E-state index in [1.807, 2.05) is 13.0 Å². The fourth-order valence-corrected chi connectivity index (χ4v) is 1.35. The number of hydrogen-bond acceptors (Lipinski definition) is 3. The lowest BCUT2D eigenvalue weighted by molar-refractivity contribution is 0.784. The van der Waals surface area contributed by atoms with Crippen LogP contribution in [0, 0.1) is 0 Å². The second-order valence-electron chi connectivity index (χ2n) is 3.01. The second-order valence-corrected chi connectivity index (χ2v) is 3.42. The van der Waals surface area contributed by atoms with Crippen LogP contribution in [0.3, 0.4) is 0 Å². The summed E-state index contributed by atoms with van der Waals surface area (Å²) in [5, 5.41) is 10.7. The maximum absolute atomic E-state index is 11.5. The van der Waals surface area contributed by atoms with Gasteiger partial charge >= 0.3 is 0 Å². The predicted octanol–water partition coefficient (Wildman–Crippen LogP) is 1.17. The molecule has 0 bridgehead atoms. The van der Waals surface area contributed by atoms with E-state index in [-0.39, 0.29) is 16.4 Å². The summed E-state index contributed by atoms with van der Waals surface area (Å²) in [5.74, 6) is 0.221. The molecular formula is C9H9ClN4O. The van der Waals surface area contributed by atoms with Crippen molar-refractivity contribution in [3.8, 4) is 5.82 Å². The van der Waals surface area contributed by atoms with E-state index in [1.54, 1.807) is 6.20 Å². The summed E-state index contributed by atoms with van der Waals surface area (Å²) in [7, 11) is 0. The molecule has 2 heterocycles. The molecule has 0 saturated heterocycles. The minimum atomic E-state index is -0.260. The first kappa shape index (κ1) is 9.92. The average Bonchev–Trinajstić information content (AvgIpc) is 2.66. The van der Waals surface area contributed by atoms with Crippen LogP contribution >= 0.6 is 11.6 Å². The topological polar surface area (TPSA) is 63.6 Å². The zero-order chi connectivity index (χ0) is 10.8. The van der Waals surface area contributed by atoms with Crippen molar-refractivity contribution in [2.24, 2.45) is 0 Å². The minimum Gasteiger partial charge on any atom is -0.286 e. The Morgan fingerprint density at radius 3 is 3.00 bits per heavy atom. The highest BCUT2D eigenvalue weighted by Crippen LogP contribution is 2.02. The summed E-state index contributed by atoms with van der Waals surface area (Å²) in [6.07, 6.45) is 2.52. The van der Waals surface area contributed by atoms with E-state index < -0.39 is 0 Å². The van der Waals surface area contributed by atoms with E-state index in [9.17, 15) is 4.79 Å². The fourth-order valence-electron chi connectivity index (χ4n) is 1.21. The SMILES string of the molecule is CCc1ccn(-c2n[nH]c(Cl)cc2=O)n1. The molecule has 0 amide bonds. The van der Waals surface area contributed by atoms with Gasteiger partial charge in [-0.2, -0.15) is 10.2 Å². The standard InChI is InChI=1S/C9H9ClN4O/c1-2-6-3-4-14(13-6)9-7(15)5-8(10)11-12-9/h3-5H,2H2,1H3,(H,11,15). The number of nitrogens with zero attached hydrogens (tertiary/aromatic N) is 3. The lowest BCUT2D eigenvalue weighted by Crippen LogP contribution is -2.14. The van der Waals surface area contributed by atoms with Crippen LogP contribution in [-0.2, 0) is 6.42 Å². The molecule has 0 unspecified atom stereocenters. The molecule has 6 heteroatoms. The van der Waals surface area contributed by atoms with Gasteiger partial charge in [0.15, 0.2) is 0 Å². The largest absolute Gasteiger partial charge is 0.286 e. The van der Waals surface area contributed by atoms with E-state index in [1.165, 1.54) is 10.7 Å². The van der Waals surface area contributed by atoms with Crippen LogP contribution in [-0.4, -0.2) is 20.0 Å². The summed E-state index contributed by atoms with van der Waals surface area (Å²) in [5.41, 5.74) is 0.649. The third kappa shape index (κ3) is 1.92. The Kier molecular flexibility index (Phi) is 2.55. The van der Waals surface area contributed by atoms with Gasteiger partial charge in [0, 0.05) is 12.3 Å². The maximum atomic E-state index is 11.5. The molecule has 0 spiro atoms. The van der Waals surface area contributed by atoms with Crippen molar-refractivity contribution in [2.45, 2.75) is 13.3 Å². The van der Waals surface area contributed by atoms with Gasteiger partial charge in [-0.15, -0.1) is 0 Å². The van der Waals surface area contributed by atoms with E-state index in [4.69, 9.17) is 11.6 Å². The zero-order valence-electron chi connectivity index (χ0n) is 8.07. The lowest BCUT2D eigenvalue weighted by atomic mass is 10.4. The number of aromatic amines is 1. The molecule has 0 aromatic carbocycles. The van der Waals surface area contributed by atoms with Gasteiger partial charge in [-0.1, -0.05) is 18.5 Å². The monoisotopic (exact) mass is 224 g/mol. The molecule has 2 aromatic rings. The quantitative estimate of drug-likeness (QED) is 0.833. The third-order valence-corrected chi connectivity index (χ3v) is 2.16. The average molecular weight is 225 g/mol. The summed E-state index contributed by atoms with van der Waals surface area (Å²) < 4.78 is 1.44. The number of halogens is 1. The number of hydrogen-bond donors (Lipinski definition) is 1. The van der Waals surface area contributed by atoms with Crippen molar-refractivity contribution in [2.75, 3.05) is 0 Å². The number of H-pyrrole nitrogens is 1. The molecule has 1 N–H and O–H groups in total. The van der Waals surface area contributed by atoms with Crippen molar-refractivity contribution in [3.63, 3.8) is 0 Å². The number of aryl methyl sites for hydroxylation is 1. The summed E-state index contributed by atoms with van der Waals surface area (Å²) in [4.78, 5) is 11.5. The Hall–Kier alpha value is -1.62. The first-order chi connectivity index (χ1) is 7.20. The van der Waals surface area contributed by atoms with Crippen molar-refractivity contribution in [1.82, 2.24) is 20.0 Å². The normalized spacial score (nSPS) is 10.5. The molecule has 0 atom stereocenters. The molecule has 78 valence electrons. The molecule has 2 rings (SSSR count). The van der Waals surface area contributed by atoms with E-state index in [0.29, 0.717) is 0 Å². The maximum Gasteiger partial charge on any atom is 0.227 e. The van der Waals surface area contributed by atoms with Gasteiger partial charge in [-0.25, -0.2) is 4.68 Å². The number of aromatic nitrogens is 4. The molecule has 15 heavy (non-hydrogen) atoms. The molecule has 5 nitrogen and oxygen atoms in total. The summed E-state index contributed by atoms with van der Waals surface area (Å²) >= 11 is 5.59. The highest BCUT2D eigenvalue weighted by Gasteiger charge is 2.06. The van der Waals surface area contributed by atoms with Crippen molar-refractivity contribution < 1.29 is 0 Å². The number of nitrogens with one attached hydrogen (secondary N) is 1. The Balaban J connectivity index is 2.49.